The second kappa shape index (κ2) is 8.21. The molecule has 1 saturated heterocycles. The molecule has 5 heteroatoms. The van der Waals surface area contributed by atoms with Gasteiger partial charge >= 0.3 is 5.97 Å². The minimum absolute atomic E-state index is 0.00513. The molecule has 0 radical (unpaired) electrons. The van der Waals surface area contributed by atoms with Gasteiger partial charge in [-0.3, -0.25) is 9.59 Å². The number of rotatable bonds is 7. The van der Waals surface area contributed by atoms with Crippen LogP contribution in [0, 0.1) is 0 Å². The summed E-state index contributed by atoms with van der Waals surface area (Å²) in [6, 6.07) is 7.92. The Labute approximate surface area is 156 Å². The van der Waals surface area contributed by atoms with Crippen molar-refractivity contribution >= 4 is 17.6 Å². The van der Waals surface area contributed by atoms with Gasteiger partial charge in [0.2, 0.25) is 5.91 Å². The van der Waals surface area contributed by atoms with E-state index in [1.165, 1.54) is 32.8 Å². The zero-order valence-corrected chi connectivity index (χ0v) is 16.0. The standard InChI is InChI=1S/C21H30N2O3/c1-3-4-5-8-13-22-14-11-21(12-15-22)17-9-6-7-10-18(17)23(20(21)25)16-19(24)26-2/h6-7,9-10H,3-5,8,11-16H2,1-2H3. The van der Waals surface area contributed by atoms with Gasteiger partial charge in [-0.05, 0) is 50.5 Å². The Hall–Kier alpha value is -1.88. The quantitative estimate of drug-likeness (QED) is 0.555. The molecule has 0 saturated carbocycles. The van der Waals surface area contributed by atoms with Crippen molar-refractivity contribution in [3.8, 4) is 0 Å². The van der Waals surface area contributed by atoms with Crippen molar-refractivity contribution in [2.24, 2.45) is 0 Å². The highest BCUT2D eigenvalue weighted by molar-refractivity contribution is 6.10. The number of para-hydroxylation sites is 1. The monoisotopic (exact) mass is 358 g/mol. The van der Waals surface area contributed by atoms with Crippen LogP contribution in [0.1, 0.15) is 51.0 Å². The molecule has 0 unspecified atom stereocenters. The number of likely N-dealkylation sites (tertiary alicyclic amines) is 1. The number of nitrogens with zero attached hydrogens (tertiary/aromatic N) is 2. The van der Waals surface area contributed by atoms with Crippen LogP contribution in [-0.4, -0.2) is 50.1 Å². The lowest BCUT2D eigenvalue weighted by molar-refractivity contribution is -0.140. The van der Waals surface area contributed by atoms with Crippen LogP contribution in [0.5, 0.6) is 0 Å². The zero-order chi connectivity index (χ0) is 18.6. The van der Waals surface area contributed by atoms with Crippen molar-refractivity contribution in [1.29, 1.82) is 0 Å². The molecule has 142 valence electrons. The Morgan fingerprint density at radius 3 is 2.58 bits per heavy atom. The normalized spacial score (nSPS) is 19.0. The fourth-order valence-corrected chi connectivity index (χ4v) is 4.35. The number of esters is 1. The first-order chi connectivity index (χ1) is 12.6. The summed E-state index contributed by atoms with van der Waals surface area (Å²) in [5, 5.41) is 0. The van der Waals surface area contributed by atoms with E-state index in [0.717, 1.165) is 43.7 Å². The third-order valence-corrected chi connectivity index (χ3v) is 5.92. The van der Waals surface area contributed by atoms with Gasteiger partial charge in [0.15, 0.2) is 0 Å². The van der Waals surface area contributed by atoms with Crippen LogP contribution >= 0.6 is 0 Å². The average Bonchev–Trinajstić information content (AvgIpc) is 2.89. The minimum atomic E-state index is -0.468. The number of methoxy groups -OCH3 is 1. The largest absolute Gasteiger partial charge is 0.468 e. The summed E-state index contributed by atoms with van der Waals surface area (Å²) in [7, 11) is 1.36. The fourth-order valence-electron chi connectivity index (χ4n) is 4.35. The molecular weight excluding hydrogens is 328 g/mol. The van der Waals surface area contributed by atoms with Crippen molar-refractivity contribution in [1.82, 2.24) is 4.90 Å². The van der Waals surface area contributed by atoms with Crippen molar-refractivity contribution in [3.63, 3.8) is 0 Å². The first-order valence-corrected chi connectivity index (χ1v) is 9.83. The molecule has 5 nitrogen and oxygen atoms in total. The number of unbranched alkanes of at least 4 members (excludes halogenated alkanes) is 3. The molecule has 1 amide bonds. The maximum Gasteiger partial charge on any atom is 0.325 e. The van der Waals surface area contributed by atoms with E-state index in [1.807, 2.05) is 18.2 Å². The summed E-state index contributed by atoms with van der Waals surface area (Å²) in [4.78, 5) is 29.2. The molecule has 0 atom stereocenters. The Bertz CT molecular complexity index is 650. The predicted octanol–water partition coefficient (Wildman–Crippen LogP) is 3.12. The fraction of sp³-hybridized carbons (Fsp3) is 0.619. The van der Waals surface area contributed by atoms with Gasteiger partial charge in [-0.25, -0.2) is 0 Å². The number of carbonyl (C=O) groups excluding carboxylic acids is 2. The van der Waals surface area contributed by atoms with E-state index >= 15 is 0 Å². The number of hydrogen-bond acceptors (Lipinski definition) is 4. The highest BCUT2D eigenvalue weighted by Crippen LogP contribution is 2.47. The van der Waals surface area contributed by atoms with Crippen LogP contribution < -0.4 is 4.90 Å². The Morgan fingerprint density at radius 1 is 1.15 bits per heavy atom. The number of amides is 1. The second-order valence-electron chi connectivity index (χ2n) is 7.47. The predicted molar refractivity (Wildman–Crippen MR) is 102 cm³/mol. The van der Waals surface area contributed by atoms with Crippen LogP contribution in [-0.2, 0) is 19.7 Å². The third-order valence-electron chi connectivity index (χ3n) is 5.92. The lowest BCUT2D eigenvalue weighted by Gasteiger charge is -2.38. The highest BCUT2D eigenvalue weighted by atomic mass is 16.5. The summed E-state index contributed by atoms with van der Waals surface area (Å²) in [6.07, 6.45) is 6.73. The number of hydrogen-bond donors (Lipinski definition) is 0. The molecule has 1 aromatic rings. The van der Waals surface area contributed by atoms with Crippen LogP contribution in [0.15, 0.2) is 24.3 Å². The molecule has 0 N–H and O–H groups in total. The summed E-state index contributed by atoms with van der Waals surface area (Å²) in [6.45, 7) is 5.23. The maximum absolute atomic E-state index is 13.3. The van der Waals surface area contributed by atoms with Crippen molar-refractivity contribution < 1.29 is 14.3 Å². The summed E-state index contributed by atoms with van der Waals surface area (Å²) >= 11 is 0. The van der Waals surface area contributed by atoms with Gasteiger partial charge in [0.25, 0.3) is 0 Å². The van der Waals surface area contributed by atoms with E-state index in [1.54, 1.807) is 4.90 Å². The minimum Gasteiger partial charge on any atom is -0.468 e. The summed E-state index contributed by atoms with van der Waals surface area (Å²) in [5.74, 6) is -0.312. The van der Waals surface area contributed by atoms with E-state index in [2.05, 4.69) is 17.9 Å². The van der Waals surface area contributed by atoms with Crippen molar-refractivity contribution in [3.05, 3.63) is 29.8 Å². The van der Waals surface area contributed by atoms with E-state index in [9.17, 15) is 9.59 Å². The SMILES string of the molecule is CCCCCCN1CCC2(CC1)C(=O)N(CC(=O)OC)c1ccccc12. The molecule has 2 heterocycles. The Kier molecular flexibility index (Phi) is 5.97. The number of anilines is 1. The number of benzene rings is 1. The summed E-state index contributed by atoms with van der Waals surface area (Å²) in [5.41, 5.74) is 1.49. The van der Waals surface area contributed by atoms with Crippen molar-refractivity contribution in [2.75, 3.05) is 38.2 Å². The van der Waals surface area contributed by atoms with Gasteiger partial charge in [0.1, 0.15) is 6.54 Å². The second-order valence-corrected chi connectivity index (χ2v) is 7.47. The van der Waals surface area contributed by atoms with Crippen LogP contribution in [0.3, 0.4) is 0 Å². The van der Waals surface area contributed by atoms with Gasteiger partial charge in [0.05, 0.1) is 12.5 Å². The van der Waals surface area contributed by atoms with Crippen LogP contribution in [0.2, 0.25) is 0 Å². The zero-order valence-electron chi connectivity index (χ0n) is 16.0. The molecule has 26 heavy (non-hydrogen) atoms. The molecule has 3 rings (SSSR count). The molecular formula is C21H30N2O3. The average molecular weight is 358 g/mol. The molecule has 0 aliphatic carbocycles. The molecule has 0 bridgehead atoms. The van der Waals surface area contributed by atoms with Gasteiger partial charge in [-0.1, -0.05) is 44.4 Å². The van der Waals surface area contributed by atoms with Gasteiger partial charge in [-0.2, -0.15) is 0 Å². The van der Waals surface area contributed by atoms with Crippen LogP contribution in [0.25, 0.3) is 0 Å². The molecule has 1 aromatic carbocycles. The lowest BCUT2D eigenvalue weighted by Crippen LogP contribution is -2.49. The smallest absolute Gasteiger partial charge is 0.325 e. The maximum atomic E-state index is 13.3. The van der Waals surface area contributed by atoms with E-state index < -0.39 is 5.41 Å². The van der Waals surface area contributed by atoms with Crippen molar-refractivity contribution in [2.45, 2.75) is 50.9 Å². The van der Waals surface area contributed by atoms with Gasteiger partial charge in [-0.15, -0.1) is 0 Å². The number of ether oxygens (including phenoxy) is 1. The number of carbonyl (C=O) groups is 2. The number of piperidine rings is 1. The molecule has 1 spiro atoms. The summed E-state index contributed by atoms with van der Waals surface area (Å²) < 4.78 is 4.79. The highest BCUT2D eigenvalue weighted by Gasteiger charge is 2.52. The Morgan fingerprint density at radius 2 is 1.88 bits per heavy atom. The van der Waals surface area contributed by atoms with Gasteiger partial charge in [0, 0.05) is 5.69 Å². The Balaban J connectivity index is 1.72. The first kappa shape index (κ1) is 18.9. The third kappa shape index (κ3) is 3.50. The number of fused-ring (bicyclic) bond motifs is 2. The van der Waals surface area contributed by atoms with Gasteiger partial charge < -0.3 is 14.5 Å². The van der Waals surface area contributed by atoms with E-state index in [0.29, 0.717) is 0 Å². The molecule has 2 aliphatic heterocycles. The van der Waals surface area contributed by atoms with Crippen LogP contribution in [0.4, 0.5) is 5.69 Å². The lowest BCUT2D eigenvalue weighted by atomic mass is 9.73. The molecule has 0 aromatic heterocycles. The first-order valence-electron chi connectivity index (χ1n) is 9.83. The van der Waals surface area contributed by atoms with E-state index in [-0.39, 0.29) is 18.4 Å². The topological polar surface area (TPSA) is 49.9 Å². The van der Waals surface area contributed by atoms with E-state index in [4.69, 9.17) is 4.74 Å². The molecule has 2 aliphatic rings. The molecule has 1 fully saturated rings.